The van der Waals surface area contributed by atoms with Gasteiger partial charge in [0.25, 0.3) is 0 Å². The van der Waals surface area contributed by atoms with Crippen LogP contribution in [0.5, 0.6) is 0 Å². The second kappa shape index (κ2) is 5.64. The molecule has 1 heterocycles. The molecular weight excluding hydrogens is 226 g/mol. The molecule has 0 radical (unpaired) electrons. The summed E-state index contributed by atoms with van der Waals surface area (Å²) in [5.74, 6) is 1.42. The average molecular weight is 239 g/mol. The van der Waals surface area contributed by atoms with E-state index in [-0.39, 0.29) is 0 Å². The van der Waals surface area contributed by atoms with E-state index in [4.69, 9.17) is 5.26 Å². The van der Waals surface area contributed by atoms with Gasteiger partial charge in [0.2, 0.25) is 0 Å². The van der Waals surface area contributed by atoms with Crippen molar-refractivity contribution in [3.63, 3.8) is 0 Å². The van der Waals surface area contributed by atoms with Crippen LogP contribution in [-0.2, 0) is 0 Å². The largest absolute Gasteiger partial charge is 0.346 e. The summed E-state index contributed by atoms with van der Waals surface area (Å²) in [5, 5.41) is 11.8. The number of nitriles is 1. The van der Waals surface area contributed by atoms with Crippen LogP contribution in [-0.4, -0.2) is 23.6 Å². The van der Waals surface area contributed by atoms with Gasteiger partial charge >= 0.3 is 0 Å². The molecule has 2 rings (SSSR count). The summed E-state index contributed by atoms with van der Waals surface area (Å²) in [5.41, 5.74) is 0.963. The molecule has 5 nitrogen and oxygen atoms in total. The lowest BCUT2D eigenvalue weighted by atomic mass is 10.3. The monoisotopic (exact) mass is 239 g/mol. The average Bonchev–Trinajstić information content (AvgIpc) is 2.40. The van der Waals surface area contributed by atoms with Gasteiger partial charge in [-0.25, -0.2) is 9.97 Å². The van der Waals surface area contributed by atoms with Gasteiger partial charge < -0.3 is 10.2 Å². The third kappa shape index (κ3) is 2.95. The molecule has 1 aromatic carbocycles. The van der Waals surface area contributed by atoms with Crippen LogP contribution in [0, 0.1) is 11.3 Å². The van der Waals surface area contributed by atoms with E-state index in [0.29, 0.717) is 18.2 Å². The predicted octanol–water partition coefficient (Wildman–Crippen LogP) is 2.18. The van der Waals surface area contributed by atoms with Crippen molar-refractivity contribution < 1.29 is 0 Å². The van der Waals surface area contributed by atoms with Gasteiger partial charge in [0.1, 0.15) is 24.5 Å². The van der Waals surface area contributed by atoms with Crippen LogP contribution < -0.4 is 10.2 Å². The molecule has 90 valence electrons. The predicted molar refractivity (Wildman–Crippen MR) is 70.6 cm³/mol. The summed E-state index contributed by atoms with van der Waals surface area (Å²) < 4.78 is 0. The summed E-state index contributed by atoms with van der Waals surface area (Å²) >= 11 is 0. The minimum atomic E-state index is 0.293. The van der Waals surface area contributed by atoms with Gasteiger partial charge in [-0.1, -0.05) is 18.2 Å². The molecule has 5 heteroatoms. The molecule has 18 heavy (non-hydrogen) atoms. The van der Waals surface area contributed by atoms with Gasteiger partial charge in [0, 0.05) is 18.8 Å². The van der Waals surface area contributed by atoms with Crippen molar-refractivity contribution in [3.05, 3.63) is 42.7 Å². The molecule has 0 aliphatic rings. The van der Waals surface area contributed by atoms with Crippen LogP contribution in [0.4, 0.5) is 17.3 Å². The Morgan fingerprint density at radius 3 is 2.78 bits per heavy atom. The summed E-state index contributed by atoms with van der Waals surface area (Å²) in [6.07, 6.45) is 1.48. The molecule has 0 saturated carbocycles. The number of anilines is 3. The Morgan fingerprint density at radius 1 is 1.28 bits per heavy atom. The van der Waals surface area contributed by atoms with Crippen molar-refractivity contribution in [2.45, 2.75) is 0 Å². The Hall–Kier alpha value is -2.61. The molecule has 0 fully saturated rings. The highest BCUT2D eigenvalue weighted by atomic mass is 15.2. The molecule has 0 bridgehead atoms. The van der Waals surface area contributed by atoms with E-state index in [0.717, 1.165) is 5.69 Å². The molecule has 0 aliphatic heterocycles. The quantitative estimate of drug-likeness (QED) is 0.828. The molecule has 0 saturated heterocycles. The number of aromatic nitrogens is 2. The number of rotatable bonds is 4. The highest BCUT2D eigenvalue weighted by Crippen LogP contribution is 2.17. The minimum absolute atomic E-state index is 0.293. The standard InChI is InChI=1S/C13H13N5/c1-18(8-7-14)13-9-12(15-10-16-13)17-11-5-3-2-4-6-11/h2-6,9-10H,8H2,1H3,(H,15,16,17). The topological polar surface area (TPSA) is 64.8 Å². The maximum atomic E-state index is 8.65. The molecule has 2 aromatic rings. The molecule has 0 amide bonds. The highest BCUT2D eigenvalue weighted by molar-refractivity contribution is 5.58. The maximum Gasteiger partial charge on any atom is 0.135 e. The number of nitrogens with zero attached hydrogens (tertiary/aromatic N) is 4. The van der Waals surface area contributed by atoms with E-state index in [9.17, 15) is 0 Å². The first-order valence-electron chi connectivity index (χ1n) is 5.52. The van der Waals surface area contributed by atoms with Crippen molar-refractivity contribution in [3.8, 4) is 6.07 Å². The Labute approximate surface area is 106 Å². The van der Waals surface area contributed by atoms with Crippen LogP contribution >= 0.6 is 0 Å². The highest BCUT2D eigenvalue weighted by Gasteiger charge is 2.03. The van der Waals surface area contributed by atoms with Crippen molar-refractivity contribution in [1.82, 2.24) is 9.97 Å². The number of benzene rings is 1. The van der Waals surface area contributed by atoms with Gasteiger partial charge in [-0.15, -0.1) is 0 Å². The van der Waals surface area contributed by atoms with E-state index in [1.165, 1.54) is 6.33 Å². The van der Waals surface area contributed by atoms with Gasteiger partial charge in [0.05, 0.1) is 6.07 Å². The van der Waals surface area contributed by atoms with Gasteiger partial charge in [-0.05, 0) is 12.1 Å². The van der Waals surface area contributed by atoms with Crippen molar-refractivity contribution >= 4 is 17.3 Å². The first-order valence-corrected chi connectivity index (χ1v) is 5.52. The minimum Gasteiger partial charge on any atom is -0.346 e. The second-order valence-corrected chi connectivity index (χ2v) is 3.77. The normalized spacial score (nSPS) is 9.56. The van der Waals surface area contributed by atoms with E-state index in [1.807, 2.05) is 43.4 Å². The Bertz CT molecular complexity index is 547. The van der Waals surface area contributed by atoms with Crippen LogP contribution in [0.2, 0.25) is 0 Å². The Kier molecular flexibility index (Phi) is 3.72. The lowest BCUT2D eigenvalue weighted by Crippen LogP contribution is -2.18. The molecule has 0 aliphatic carbocycles. The van der Waals surface area contributed by atoms with E-state index < -0.39 is 0 Å². The van der Waals surface area contributed by atoms with Crippen molar-refractivity contribution in [1.29, 1.82) is 5.26 Å². The van der Waals surface area contributed by atoms with Gasteiger partial charge in [0.15, 0.2) is 0 Å². The Balaban J connectivity index is 2.15. The fraction of sp³-hybridized carbons (Fsp3) is 0.154. The lowest BCUT2D eigenvalue weighted by Gasteiger charge is -2.14. The molecule has 0 unspecified atom stereocenters. The maximum absolute atomic E-state index is 8.65. The lowest BCUT2D eigenvalue weighted by molar-refractivity contribution is 0.981. The zero-order chi connectivity index (χ0) is 12.8. The van der Waals surface area contributed by atoms with Crippen LogP contribution in [0.1, 0.15) is 0 Å². The summed E-state index contributed by atoms with van der Waals surface area (Å²) in [7, 11) is 1.82. The van der Waals surface area contributed by atoms with Gasteiger partial charge in [-0.2, -0.15) is 5.26 Å². The Morgan fingerprint density at radius 2 is 2.06 bits per heavy atom. The van der Waals surface area contributed by atoms with Crippen molar-refractivity contribution in [2.75, 3.05) is 23.8 Å². The molecule has 0 spiro atoms. The fourth-order valence-electron chi connectivity index (χ4n) is 1.48. The third-order valence-corrected chi connectivity index (χ3v) is 2.40. The van der Waals surface area contributed by atoms with Crippen LogP contribution in [0.3, 0.4) is 0 Å². The molecular formula is C13H13N5. The molecule has 1 aromatic heterocycles. The second-order valence-electron chi connectivity index (χ2n) is 3.77. The van der Waals surface area contributed by atoms with E-state index in [1.54, 1.807) is 4.90 Å². The number of nitrogens with one attached hydrogen (secondary N) is 1. The van der Waals surface area contributed by atoms with E-state index in [2.05, 4.69) is 21.4 Å². The van der Waals surface area contributed by atoms with Crippen molar-refractivity contribution in [2.24, 2.45) is 0 Å². The zero-order valence-corrected chi connectivity index (χ0v) is 10.0. The zero-order valence-electron chi connectivity index (χ0n) is 10.0. The van der Waals surface area contributed by atoms with E-state index >= 15 is 0 Å². The summed E-state index contributed by atoms with van der Waals surface area (Å²) in [4.78, 5) is 10.0. The summed E-state index contributed by atoms with van der Waals surface area (Å²) in [6.45, 7) is 0.293. The molecule has 1 N–H and O–H groups in total. The fourth-order valence-corrected chi connectivity index (χ4v) is 1.48. The third-order valence-electron chi connectivity index (χ3n) is 2.40. The van der Waals surface area contributed by atoms with Crippen LogP contribution in [0.15, 0.2) is 42.7 Å². The smallest absolute Gasteiger partial charge is 0.135 e. The first kappa shape index (κ1) is 11.9. The number of hydrogen-bond donors (Lipinski definition) is 1. The SMILES string of the molecule is CN(CC#N)c1cc(Nc2ccccc2)ncn1. The number of para-hydroxylation sites is 1. The van der Waals surface area contributed by atoms with Gasteiger partial charge in [-0.3, -0.25) is 0 Å². The number of hydrogen-bond acceptors (Lipinski definition) is 5. The summed E-state index contributed by atoms with van der Waals surface area (Å²) in [6, 6.07) is 13.7. The first-order chi connectivity index (χ1) is 8.79. The van der Waals surface area contributed by atoms with Crippen LogP contribution in [0.25, 0.3) is 0 Å². The molecule has 0 atom stereocenters.